The Kier molecular flexibility index (Phi) is 4.51. The van der Waals surface area contributed by atoms with Gasteiger partial charge in [0.25, 0.3) is 0 Å². The van der Waals surface area contributed by atoms with Crippen molar-refractivity contribution in [3.63, 3.8) is 0 Å². The Labute approximate surface area is 131 Å². The van der Waals surface area contributed by atoms with Crippen molar-refractivity contribution < 1.29 is 9.53 Å². The normalized spacial score (nSPS) is 29.9. The topological polar surface area (TPSA) is 29.5 Å². The molecule has 0 spiro atoms. The molecule has 0 aromatic heterocycles. The van der Waals surface area contributed by atoms with E-state index >= 15 is 0 Å². The highest BCUT2D eigenvalue weighted by molar-refractivity contribution is 6.39. The average Bonchev–Trinajstić information content (AvgIpc) is 2.56. The highest BCUT2D eigenvalue weighted by Gasteiger charge is 2.37. The number of allylic oxidation sites excluding steroid dienone is 6. The van der Waals surface area contributed by atoms with Crippen LogP contribution in [0.25, 0.3) is 0 Å². The lowest BCUT2D eigenvalue weighted by Crippen LogP contribution is -2.40. The second-order valence-corrected chi connectivity index (χ2v) is 6.59. The summed E-state index contributed by atoms with van der Waals surface area (Å²) in [5, 5.41) is 0. The van der Waals surface area contributed by atoms with Gasteiger partial charge in [-0.1, -0.05) is 24.3 Å². The van der Waals surface area contributed by atoms with Crippen LogP contribution in [-0.2, 0) is 9.53 Å². The molecular formula is C17H22ClNO2. The third-order valence-corrected chi connectivity index (χ3v) is 4.96. The minimum absolute atomic E-state index is 0.103. The Morgan fingerprint density at radius 2 is 1.95 bits per heavy atom. The van der Waals surface area contributed by atoms with E-state index in [-0.39, 0.29) is 5.78 Å². The van der Waals surface area contributed by atoms with Crippen molar-refractivity contribution in [1.29, 1.82) is 0 Å². The van der Waals surface area contributed by atoms with E-state index in [1.54, 1.807) is 0 Å². The molecule has 0 aromatic rings. The first kappa shape index (κ1) is 14.9. The Morgan fingerprint density at radius 1 is 1.19 bits per heavy atom. The number of hydrogen-bond acceptors (Lipinski definition) is 3. The van der Waals surface area contributed by atoms with Gasteiger partial charge >= 0.3 is 0 Å². The van der Waals surface area contributed by atoms with Crippen LogP contribution in [0.2, 0.25) is 0 Å². The first-order valence-corrected chi connectivity index (χ1v) is 8.21. The lowest BCUT2D eigenvalue weighted by molar-refractivity contribution is -0.117. The maximum atomic E-state index is 13.0. The molecule has 0 N–H and O–H groups in total. The number of ether oxygens (including phenoxy) is 1. The van der Waals surface area contributed by atoms with Gasteiger partial charge in [-0.3, -0.25) is 4.79 Å². The summed E-state index contributed by atoms with van der Waals surface area (Å²) in [6.07, 6.45) is 12.3. The van der Waals surface area contributed by atoms with Gasteiger partial charge in [0.15, 0.2) is 5.78 Å². The lowest BCUT2D eigenvalue weighted by Gasteiger charge is -2.36. The van der Waals surface area contributed by atoms with E-state index in [0.717, 1.165) is 57.6 Å². The SMILES string of the molecule is O=C(C1=C(N2CCOCC2)CCCC1)C1(Cl)C=CC=CC1. The van der Waals surface area contributed by atoms with Crippen LogP contribution in [-0.4, -0.2) is 41.9 Å². The molecule has 1 saturated heterocycles. The molecule has 21 heavy (non-hydrogen) atoms. The Balaban J connectivity index is 1.88. The maximum Gasteiger partial charge on any atom is 0.185 e. The van der Waals surface area contributed by atoms with E-state index < -0.39 is 4.87 Å². The number of morpholine rings is 1. The highest BCUT2D eigenvalue weighted by atomic mass is 35.5. The molecule has 0 radical (unpaired) electrons. The molecule has 3 nitrogen and oxygen atoms in total. The Bertz CT molecular complexity index is 503. The fourth-order valence-electron chi connectivity index (χ4n) is 3.33. The van der Waals surface area contributed by atoms with Crippen molar-refractivity contribution in [1.82, 2.24) is 4.90 Å². The van der Waals surface area contributed by atoms with E-state index in [9.17, 15) is 4.79 Å². The molecule has 2 aliphatic carbocycles. The third kappa shape index (κ3) is 3.09. The molecule has 3 rings (SSSR count). The van der Waals surface area contributed by atoms with E-state index in [0.29, 0.717) is 6.42 Å². The van der Waals surface area contributed by atoms with Gasteiger partial charge in [-0.05, 0) is 32.1 Å². The summed E-state index contributed by atoms with van der Waals surface area (Å²) in [5.41, 5.74) is 2.18. The lowest BCUT2D eigenvalue weighted by atomic mass is 9.84. The van der Waals surface area contributed by atoms with Crippen molar-refractivity contribution in [3.05, 3.63) is 35.6 Å². The molecule has 114 valence electrons. The summed E-state index contributed by atoms with van der Waals surface area (Å²) in [4.78, 5) is 14.5. The van der Waals surface area contributed by atoms with Crippen molar-refractivity contribution >= 4 is 17.4 Å². The van der Waals surface area contributed by atoms with Gasteiger partial charge in [0.1, 0.15) is 4.87 Å². The zero-order valence-electron chi connectivity index (χ0n) is 12.3. The zero-order chi connectivity index (χ0) is 14.7. The number of alkyl halides is 1. The van der Waals surface area contributed by atoms with Crippen molar-refractivity contribution in [3.8, 4) is 0 Å². The molecule has 0 saturated carbocycles. The van der Waals surface area contributed by atoms with E-state index in [4.69, 9.17) is 16.3 Å². The molecule has 0 bridgehead atoms. The molecule has 3 aliphatic rings. The van der Waals surface area contributed by atoms with Crippen LogP contribution in [0.15, 0.2) is 35.6 Å². The number of nitrogens with zero attached hydrogens (tertiary/aromatic N) is 1. The van der Waals surface area contributed by atoms with Crippen LogP contribution in [0.5, 0.6) is 0 Å². The molecule has 1 unspecified atom stereocenters. The maximum absolute atomic E-state index is 13.0. The van der Waals surface area contributed by atoms with Gasteiger partial charge in [0.05, 0.1) is 13.2 Å². The molecule has 0 amide bonds. The summed E-state index contributed by atoms with van der Waals surface area (Å²) in [6.45, 7) is 3.27. The molecule has 1 heterocycles. The fraction of sp³-hybridized carbons (Fsp3) is 0.588. The number of rotatable bonds is 3. The number of halogens is 1. The summed E-state index contributed by atoms with van der Waals surface area (Å²) in [5.74, 6) is 0.103. The minimum atomic E-state index is -0.876. The standard InChI is InChI=1S/C17H22ClNO2/c18-17(8-4-1-5-9-17)16(20)14-6-2-3-7-15(14)19-10-12-21-13-11-19/h1,4-5,8H,2-3,6-7,9-13H2. The highest BCUT2D eigenvalue weighted by Crippen LogP contribution is 2.36. The summed E-state index contributed by atoms with van der Waals surface area (Å²) >= 11 is 6.60. The van der Waals surface area contributed by atoms with E-state index in [1.807, 2.05) is 24.3 Å². The number of Topliss-reactive ketones (excluding diaryl/α,β-unsaturated/α-hetero) is 1. The predicted octanol–water partition coefficient (Wildman–Crippen LogP) is 3.21. The number of carbonyl (C=O) groups is 1. The molecular weight excluding hydrogens is 286 g/mol. The quantitative estimate of drug-likeness (QED) is 0.750. The third-order valence-electron chi connectivity index (χ3n) is 4.51. The van der Waals surface area contributed by atoms with Crippen molar-refractivity contribution in [2.45, 2.75) is 37.0 Å². The van der Waals surface area contributed by atoms with Crippen LogP contribution in [0.3, 0.4) is 0 Å². The van der Waals surface area contributed by atoms with Crippen LogP contribution in [0, 0.1) is 0 Å². The molecule has 1 fully saturated rings. The predicted molar refractivity (Wildman–Crippen MR) is 84.4 cm³/mol. The smallest absolute Gasteiger partial charge is 0.185 e. The van der Waals surface area contributed by atoms with Crippen LogP contribution in [0.4, 0.5) is 0 Å². The molecule has 4 heteroatoms. The minimum Gasteiger partial charge on any atom is -0.378 e. The first-order chi connectivity index (χ1) is 10.2. The molecule has 0 aromatic carbocycles. The average molecular weight is 308 g/mol. The van der Waals surface area contributed by atoms with Crippen molar-refractivity contribution in [2.24, 2.45) is 0 Å². The van der Waals surface area contributed by atoms with Gasteiger partial charge < -0.3 is 9.64 Å². The van der Waals surface area contributed by atoms with E-state index in [1.165, 1.54) is 5.70 Å². The second-order valence-electron chi connectivity index (χ2n) is 5.91. The van der Waals surface area contributed by atoms with Gasteiger partial charge in [0, 0.05) is 24.4 Å². The zero-order valence-corrected chi connectivity index (χ0v) is 13.1. The van der Waals surface area contributed by atoms with Gasteiger partial charge in [-0.2, -0.15) is 0 Å². The van der Waals surface area contributed by atoms with Crippen LogP contribution < -0.4 is 0 Å². The second kappa shape index (κ2) is 6.37. The Morgan fingerprint density at radius 3 is 2.67 bits per heavy atom. The number of ketones is 1. The molecule has 1 atom stereocenters. The first-order valence-electron chi connectivity index (χ1n) is 7.83. The fourth-order valence-corrected chi connectivity index (χ4v) is 3.61. The summed E-state index contributed by atoms with van der Waals surface area (Å²) in [6, 6.07) is 0. The summed E-state index contributed by atoms with van der Waals surface area (Å²) < 4.78 is 5.43. The van der Waals surface area contributed by atoms with Crippen LogP contribution in [0.1, 0.15) is 32.1 Å². The summed E-state index contributed by atoms with van der Waals surface area (Å²) in [7, 11) is 0. The van der Waals surface area contributed by atoms with Gasteiger partial charge in [-0.25, -0.2) is 0 Å². The number of carbonyl (C=O) groups excluding carboxylic acids is 1. The largest absolute Gasteiger partial charge is 0.378 e. The van der Waals surface area contributed by atoms with E-state index in [2.05, 4.69) is 4.90 Å². The van der Waals surface area contributed by atoms with Crippen LogP contribution >= 0.6 is 11.6 Å². The number of hydrogen-bond donors (Lipinski definition) is 0. The van der Waals surface area contributed by atoms with Gasteiger partial charge in [0.2, 0.25) is 0 Å². The van der Waals surface area contributed by atoms with Crippen molar-refractivity contribution in [2.75, 3.05) is 26.3 Å². The monoisotopic (exact) mass is 307 g/mol. The van der Waals surface area contributed by atoms with Gasteiger partial charge in [-0.15, -0.1) is 11.6 Å². The Hall–Kier alpha value is -1.06. The molecule has 1 aliphatic heterocycles.